The van der Waals surface area contributed by atoms with Crippen LogP contribution in [0.1, 0.15) is 122 Å². The van der Waals surface area contributed by atoms with Gasteiger partial charge in [-0.3, -0.25) is 52.9 Å². The van der Waals surface area contributed by atoms with E-state index in [4.69, 9.17) is 22.9 Å². The third-order valence-electron chi connectivity index (χ3n) is 16.3. The largest absolute Gasteiger partial charge is 0.508 e. The molecule has 2 aromatic heterocycles. The van der Waals surface area contributed by atoms with Gasteiger partial charge in [0.15, 0.2) is 11.7 Å². The molecule has 4 aromatic rings. The second kappa shape index (κ2) is 36.1. The average molecular weight is 1280 g/mol. The van der Waals surface area contributed by atoms with Crippen molar-refractivity contribution in [2.24, 2.45) is 51.6 Å². The van der Waals surface area contributed by atoms with Crippen LogP contribution in [0, 0.1) is 23.7 Å². The first-order valence-corrected chi connectivity index (χ1v) is 31.1. The minimum Gasteiger partial charge on any atom is -0.508 e. The molecule has 92 heavy (non-hydrogen) atoms. The molecule has 502 valence electrons. The van der Waals surface area contributed by atoms with Crippen molar-refractivity contribution < 1.29 is 58.2 Å². The van der Waals surface area contributed by atoms with Gasteiger partial charge in [-0.2, -0.15) is 0 Å². The minimum atomic E-state index is -1.46. The number of imidazole rings is 2. The monoisotopic (exact) mass is 1280 g/mol. The first-order chi connectivity index (χ1) is 43.7. The van der Waals surface area contributed by atoms with Gasteiger partial charge in [0.25, 0.3) is 0 Å². The smallest absolute Gasteiger partial charge is 0.305 e. The number of phenolic OH excluding ortho intramolecular Hbond substituents is 1. The van der Waals surface area contributed by atoms with E-state index in [2.05, 4.69) is 62.1 Å². The van der Waals surface area contributed by atoms with E-state index in [9.17, 15) is 53.4 Å². The van der Waals surface area contributed by atoms with Crippen LogP contribution in [0.3, 0.4) is 0 Å². The summed E-state index contributed by atoms with van der Waals surface area (Å²) in [6.45, 7) is 12.5. The van der Waals surface area contributed by atoms with E-state index in [1.54, 1.807) is 37.3 Å². The second-order valence-corrected chi connectivity index (χ2v) is 24.3. The minimum absolute atomic E-state index is 0.0270. The van der Waals surface area contributed by atoms with E-state index < -0.39 is 132 Å². The highest BCUT2D eigenvalue weighted by Gasteiger charge is 2.42. The fourth-order valence-electron chi connectivity index (χ4n) is 10.8. The number of aromatic nitrogens is 4. The Bertz CT molecular complexity index is 3110. The lowest BCUT2D eigenvalue weighted by atomic mass is 9.83. The molecule has 1 saturated heterocycles. The van der Waals surface area contributed by atoms with Crippen molar-refractivity contribution in [1.82, 2.24) is 62.1 Å². The first kappa shape index (κ1) is 73.6. The molecule has 1 aliphatic heterocycles. The predicted molar refractivity (Wildman–Crippen MR) is 341 cm³/mol. The molecular formula is C63H93N17O12. The number of aliphatic carboxylic acids is 1. The third-order valence-corrected chi connectivity index (χ3v) is 16.3. The number of nitrogens with one attached hydrogen (secondary N) is 9. The lowest BCUT2D eigenvalue weighted by Gasteiger charge is -2.32. The van der Waals surface area contributed by atoms with Gasteiger partial charge in [-0.15, -0.1) is 0 Å². The lowest BCUT2D eigenvalue weighted by molar-refractivity contribution is -0.142. The molecule has 5 rings (SSSR count). The number of amides is 7. The van der Waals surface area contributed by atoms with Crippen LogP contribution in [0.4, 0.5) is 0 Å². The van der Waals surface area contributed by atoms with Gasteiger partial charge in [0.1, 0.15) is 47.8 Å². The molecule has 7 amide bonds. The number of carbonyl (C=O) groups is 10. The Morgan fingerprint density at radius 2 is 1.34 bits per heavy atom. The van der Waals surface area contributed by atoms with Crippen LogP contribution in [0.5, 0.6) is 5.75 Å². The molecule has 3 heterocycles. The van der Waals surface area contributed by atoms with Gasteiger partial charge in [-0.1, -0.05) is 90.4 Å². The fourth-order valence-corrected chi connectivity index (χ4v) is 10.8. The number of H-pyrrole nitrogens is 2. The topological polar surface area (TPSA) is 472 Å². The first-order valence-electron chi connectivity index (χ1n) is 31.1. The molecule has 0 saturated carbocycles. The molecule has 1 fully saturated rings. The summed E-state index contributed by atoms with van der Waals surface area (Å²) in [5.41, 5.74) is 25.3. The highest BCUT2D eigenvalue weighted by atomic mass is 16.4. The summed E-state index contributed by atoms with van der Waals surface area (Å²) in [5.74, 6) is -9.13. The summed E-state index contributed by atoms with van der Waals surface area (Å²) in [6.07, 6.45) is 6.41. The molecule has 0 aliphatic carbocycles. The number of likely N-dealkylation sites (tertiary alicyclic amines) is 1. The van der Waals surface area contributed by atoms with Crippen LogP contribution >= 0.6 is 0 Å². The van der Waals surface area contributed by atoms with E-state index in [0.717, 1.165) is 0 Å². The summed E-state index contributed by atoms with van der Waals surface area (Å²) < 4.78 is 0. The number of ketones is 2. The van der Waals surface area contributed by atoms with Crippen molar-refractivity contribution in [2.45, 2.75) is 173 Å². The van der Waals surface area contributed by atoms with Gasteiger partial charge in [-0.05, 0) is 80.0 Å². The van der Waals surface area contributed by atoms with Crippen molar-refractivity contribution in [3.05, 3.63) is 102 Å². The van der Waals surface area contributed by atoms with E-state index in [-0.39, 0.29) is 87.5 Å². The number of aromatic hydroxyl groups is 1. The van der Waals surface area contributed by atoms with Crippen LogP contribution in [0.2, 0.25) is 0 Å². The number of benzene rings is 2. The molecule has 0 spiro atoms. The van der Waals surface area contributed by atoms with Crippen molar-refractivity contribution in [3.63, 3.8) is 0 Å². The number of guanidine groups is 1. The lowest BCUT2D eigenvalue weighted by Crippen LogP contribution is -2.60. The highest BCUT2D eigenvalue weighted by molar-refractivity contribution is 5.99. The van der Waals surface area contributed by atoms with Gasteiger partial charge in [0.2, 0.25) is 41.4 Å². The Kier molecular flexibility index (Phi) is 28.9. The standard InChI is InChI=1S/C63H93N17O12/c1-8-36(6)53(79-61(91)54(39-18-20-42(82)21-19-39)71-31-49(35(4)5)78-57(87)45(16-12-22-70-63(66)67)74-56(86)44(64)28-51(83)84)60(90)77-48(27-41-30-69-33-73-41)62(92)80-23-13-17-50(80)59(89)76-47(25-38-14-10-9-11-15-38)58(88)75-46(26-40-29-68-32-72-40)55(85)52(65)43(37(7)81)24-34(2)3/h9-11,14-15,18-21,29-30,32-36,43-50,52-54,71,82H,8,12-13,16-17,22-28,31,64-65H2,1-7H3,(H,68,72)(H,69,73)(H,74,86)(H,75,88)(H,76,89)(H,77,90)(H,78,87)(H,79,91)(H,83,84)(H4,66,67,70). The number of nitrogens with two attached hydrogens (primary N) is 4. The van der Waals surface area contributed by atoms with Crippen molar-refractivity contribution in [3.8, 4) is 5.75 Å². The number of Topliss-reactive ketones (excluding diaryl/α,β-unsaturated/α-hetero) is 2. The zero-order chi connectivity index (χ0) is 67.8. The van der Waals surface area contributed by atoms with Crippen molar-refractivity contribution in [2.75, 3.05) is 19.6 Å². The van der Waals surface area contributed by atoms with Crippen LogP contribution < -0.4 is 60.2 Å². The number of rotatable bonds is 38. The maximum Gasteiger partial charge on any atom is 0.305 e. The zero-order valence-electron chi connectivity index (χ0n) is 53.4. The van der Waals surface area contributed by atoms with Gasteiger partial charge < -0.3 is 85.2 Å². The maximum absolute atomic E-state index is 15.1. The highest BCUT2D eigenvalue weighted by Crippen LogP contribution is 2.24. The number of carboxylic acids is 1. The van der Waals surface area contributed by atoms with Crippen LogP contribution in [0.15, 0.2) is 84.6 Å². The fraction of sp³-hybridized carbons (Fsp3) is 0.540. The molecule has 1 aliphatic rings. The number of aromatic amines is 2. The van der Waals surface area contributed by atoms with E-state index in [1.807, 2.05) is 34.6 Å². The molecule has 0 bridgehead atoms. The van der Waals surface area contributed by atoms with Crippen LogP contribution in [-0.2, 0) is 67.2 Å². The summed E-state index contributed by atoms with van der Waals surface area (Å²) in [6, 6.07) is 2.44. The Morgan fingerprint density at radius 3 is 1.90 bits per heavy atom. The Labute approximate surface area is 535 Å². The molecular weight excluding hydrogens is 1190 g/mol. The predicted octanol–water partition coefficient (Wildman–Crippen LogP) is -0.198. The number of hydrogen-bond acceptors (Lipinski definition) is 17. The quantitative estimate of drug-likeness (QED) is 0.0157. The summed E-state index contributed by atoms with van der Waals surface area (Å²) in [7, 11) is 0. The molecule has 12 unspecified atom stereocenters. The van der Waals surface area contributed by atoms with Crippen LogP contribution in [-0.4, -0.2) is 174 Å². The molecule has 12 atom stereocenters. The van der Waals surface area contributed by atoms with Gasteiger partial charge in [0.05, 0.1) is 37.2 Å². The number of hydrogen-bond donors (Lipinski definition) is 15. The number of carbonyl (C=O) groups excluding carboxylic acids is 9. The van der Waals surface area contributed by atoms with Gasteiger partial charge in [-0.25, -0.2) is 9.97 Å². The maximum atomic E-state index is 15.1. The van der Waals surface area contributed by atoms with E-state index in [1.165, 1.54) is 61.1 Å². The van der Waals surface area contributed by atoms with Gasteiger partial charge in [0, 0.05) is 74.6 Å². The Hall–Kier alpha value is -9.09. The third kappa shape index (κ3) is 22.7. The number of aliphatic imine (C=N–C) groups is 1. The van der Waals surface area contributed by atoms with E-state index >= 15 is 4.79 Å². The summed E-state index contributed by atoms with van der Waals surface area (Å²) in [5, 5.41) is 39.7. The number of phenols is 1. The van der Waals surface area contributed by atoms with Crippen molar-refractivity contribution in [1.29, 1.82) is 0 Å². The second-order valence-electron chi connectivity index (χ2n) is 24.3. The van der Waals surface area contributed by atoms with Crippen molar-refractivity contribution >= 4 is 64.8 Å². The Balaban J connectivity index is 1.39. The summed E-state index contributed by atoms with van der Waals surface area (Å²) in [4.78, 5) is 159. The normalized spacial score (nSPS) is 16.6. The SMILES string of the molecule is CCC(C)C(NC(=O)C(NCC(NC(=O)C(CCCN=C(N)N)NC(=O)C(N)CC(=O)O)C(C)C)c1ccc(O)cc1)C(=O)NC(Cc1cnc[nH]1)C(=O)N1CCCC1C(=O)NC(Cc1ccccc1)C(=O)NC(Cc1cnc[nH]1)C(=O)C(N)C(CC(C)C)C(C)=O. The molecule has 2 aromatic carbocycles. The number of carboxylic acid groups (broad SMARTS) is 1. The van der Waals surface area contributed by atoms with Gasteiger partial charge >= 0.3 is 5.97 Å². The van der Waals surface area contributed by atoms with E-state index in [0.29, 0.717) is 41.8 Å². The molecule has 0 radical (unpaired) electrons. The Morgan fingerprint density at radius 1 is 0.728 bits per heavy atom. The summed E-state index contributed by atoms with van der Waals surface area (Å²) >= 11 is 0. The average Bonchev–Trinajstić information content (AvgIpc) is 1.55. The molecule has 29 heteroatoms. The number of nitrogens with zero attached hydrogens (tertiary/aromatic N) is 4. The zero-order valence-corrected chi connectivity index (χ0v) is 53.4. The molecule has 29 nitrogen and oxygen atoms in total. The van der Waals surface area contributed by atoms with Crippen LogP contribution in [0.25, 0.3) is 0 Å². The molecule has 19 N–H and O–H groups in total.